The third-order valence-corrected chi connectivity index (χ3v) is 12.3. The van der Waals surface area contributed by atoms with Gasteiger partial charge in [0.25, 0.3) is 0 Å². The van der Waals surface area contributed by atoms with Crippen molar-refractivity contribution in [1.82, 2.24) is 9.55 Å². The van der Waals surface area contributed by atoms with Crippen molar-refractivity contribution >= 4 is 28.5 Å². The Bertz CT molecular complexity index is 2900. The lowest BCUT2D eigenvalue weighted by Crippen LogP contribution is -2.31. The zero-order valence-electron chi connectivity index (χ0n) is 29.3. The first-order valence-corrected chi connectivity index (χ1v) is 19.1. The average molecular weight is 708 g/mol. The zero-order chi connectivity index (χ0) is 35.8. The van der Waals surface area contributed by atoms with Crippen LogP contribution in [0.2, 0.25) is 0 Å². The Morgan fingerprint density at radius 3 is 1.83 bits per heavy atom. The first-order chi connectivity index (χ1) is 26.7. The van der Waals surface area contributed by atoms with Gasteiger partial charge in [-0.25, -0.2) is 4.98 Å². The van der Waals surface area contributed by atoms with Gasteiger partial charge in [-0.1, -0.05) is 139 Å². The Labute approximate surface area is 318 Å². The number of rotatable bonds is 4. The summed E-state index contributed by atoms with van der Waals surface area (Å²) in [5.74, 6) is 0.933. The molecule has 3 nitrogen and oxygen atoms in total. The van der Waals surface area contributed by atoms with Crippen molar-refractivity contribution in [2.45, 2.75) is 15.2 Å². The molecule has 0 saturated carbocycles. The molecule has 2 heterocycles. The van der Waals surface area contributed by atoms with Gasteiger partial charge in [-0.3, -0.25) is 4.57 Å². The molecule has 1 aliphatic heterocycles. The van der Waals surface area contributed by atoms with Crippen molar-refractivity contribution in [3.05, 3.63) is 210 Å². The van der Waals surface area contributed by atoms with E-state index in [1.807, 2.05) is 30.0 Å². The van der Waals surface area contributed by atoms with Gasteiger partial charge < -0.3 is 5.73 Å². The smallest absolute Gasteiger partial charge is 0.146 e. The lowest BCUT2D eigenvalue weighted by molar-refractivity contribution is 0.722. The maximum absolute atomic E-state index is 6.21. The van der Waals surface area contributed by atoms with Crippen LogP contribution in [0.1, 0.15) is 22.3 Å². The Kier molecular flexibility index (Phi) is 6.85. The van der Waals surface area contributed by atoms with Gasteiger partial charge in [0.05, 0.1) is 16.4 Å². The fourth-order valence-corrected chi connectivity index (χ4v) is 10.2. The largest absolute Gasteiger partial charge is 0.399 e. The minimum atomic E-state index is -0.509. The van der Waals surface area contributed by atoms with Crippen molar-refractivity contribution in [1.29, 1.82) is 0 Å². The summed E-state index contributed by atoms with van der Waals surface area (Å²) in [7, 11) is 0. The van der Waals surface area contributed by atoms with Gasteiger partial charge in [-0.15, -0.1) is 0 Å². The van der Waals surface area contributed by atoms with Gasteiger partial charge in [-0.05, 0) is 116 Å². The quantitative estimate of drug-likeness (QED) is 0.185. The zero-order valence-corrected chi connectivity index (χ0v) is 30.1. The second kappa shape index (κ2) is 12.0. The molecule has 0 amide bonds. The molecule has 0 saturated heterocycles. The van der Waals surface area contributed by atoms with E-state index in [1.165, 1.54) is 48.7 Å². The van der Waals surface area contributed by atoms with Crippen LogP contribution >= 0.6 is 11.8 Å². The minimum absolute atomic E-state index is 0.509. The molecule has 0 atom stereocenters. The molecule has 0 fully saturated rings. The normalized spacial score (nSPS) is 13.3. The van der Waals surface area contributed by atoms with Gasteiger partial charge in [0, 0.05) is 26.7 Å². The number of imidazole rings is 1. The summed E-state index contributed by atoms with van der Waals surface area (Å²) in [6.45, 7) is 0. The topological polar surface area (TPSA) is 43.8 Å². The van der Waals surface area contributed by atoms with Crippen molar-refractivity contribution in [2.24, 2.45) is 0 Å². The molecule has 0 bridgehead atoms. The van der Waals surface area contributed by atoms with E-state index in [9.17, 15) is 0 Å². The highest BCUT2D eigenvalue weighted by atomic mass is 32.2. The number of hydrogen-bond donors (Lipinski definition) is 1. The summed E-state index contributed by atoms with van der Waals surface area (Å²) >= 11 is 1.87. The Hall–Kier alpha value is -6.62. The van der Waals surface area contributed by atoms with Crippen LogP contribution in [-0.4, -0.2) is 9.55 Å². The molecule has 11 rings (SSSR count). The van der Waals surface area contributed by atoms with Gasteiger partial charge in [0.1, 0.15) is 5.82 Å². The number of nitrogens with two attached hydrogens (primary N) is 1. The van der Waals surface area contributed by atoms with Crippen molar-refractivity contribution < 1.29 is 0 Å². The number of para-hydroxylation sites is 3. The standard InChI is InChI=1S/C50H33N3S/c51-36-16-11-15-34(30-36)32-13-10-14-33(29-32)35-27-28-40-39(31-35)48-38(49-52-44-23-6-7-24-45(44)53(49)37-17-2-1-3-18-37)19-12-22-43(48)50(40)41-20-4-8-25-46(41)54-47-26-9-5-21-42(47)50/h1-31H,51H2. The molecule has 254 valence electrons. The minimum Gasteiger partial charge on any atom is -0.399 e. The predicted octanol–water partition coefficient (Wildman–Crippen LogP) is 12.4. The number of aromatic nitrogens is 2. The molecule has 9 aromatic rings. The van der Waals surface area contributed by atoms with Gasteiger partial charge in [0.2, 0.25) is 0 Å². The number of nitrogen functional groups attached to an aromatic ring is 1. The van der Waals surface area contributed by atoms with E-state index < -0.39 is 5.41 Å². The number of benzene rings is 8. The number of fused-ring (bicyclic) bond motifs is 10. The molecule has 0 radical (unpaired) electrons. The summed E-state index contributed by atoms with van der Waals surface area (Å²) in [6, 6.07) is 68.0. The molecule has 8 aromatic carbocycles. The third-order valence-electron chi connectivity index (χ3n) is 11.2. The molecule has 2 N–H and O–H groups in total. The van der Waals surface area contributed by atoms with Crippen LogP contribution in [0.5, 0.6) is 0 Å². The Morgan fingerprint density at radius 1 is 0.463 bits per heavy atom. The van der Waals surface area contributed by atoms with Gasteiger partial charge >= 0.3 is 0 Å². The highest BCUT2D eigenvalue weighted by Crippen LogP contribution is 2.63. The fraction of sp³-hybridized carbons (Fsp3) is 0.0200. The van der Waals surface area contributed by atoms with Crippen LogP contribution in [0.15, 0.2) is 198 Å². The first-order valence-electron chi connectivity index (χ1n) is 18.3. The van der Waals surface area contributed by atoms with Crippen molar-refractivity contribution in [2.75, 3.05) is 5.73 Å². The number of nitrogens with zero attached hydrogens (tertiary/aromatic N) is 2. The monoisotopic (exact) mass is 707 g/mol. The van der Waals surface area contributed by atoms with Crippen LogP contribution in [-0.2, 0) is 5.41 Å². The predicted molar refractivity (Wildman–Crippen MR) is 223 cm³/mol. The highest BCUT2D eigenvalue weighted by Gasteiger charge is 2.51. The van der Waals surface area contributed by atoms with Crippen LogP contribution in [0.25, 0.3) is 61.5 Å². The Balaban J connectivity index is 1.23. The molecular formula is C50H33N3S. The van der Waals surface area contributed by atoms with E-state index in [2.05, 4.69) is 174 Å². The van der Waals surface area contributed by atoms with Crippen LogP contribution in [0.3, 0.4) is 0 Å². The molecule has 2 aliphatic rings. The summed E-state index contributed by atoms with van der Waals surface area (Å²) in [6.07, 6.45) is 0. The molecule has 1 aromatic heterocycles. The summed E-state index contributed by atoms with van der Waals surface area (Å²) in [5, 5.41) is 0. The SMILES string of the molecule is Nc1cccc(-c2cccc(-c3ccc4c(c3)-c3c(-c5nc6ccccc6n5-c5ccccc5)cccc3C43c4ccccc4Sc4ccccc43)c2)c1. The maximum atomic E-state index is 6.21. The third kappa shape index (κ3) is 4.47. The van der Waals surface area contributed by atoms with Crippen LogP contribution < -0.4 is 5.73 Å². The Morgan fingerprint density at radius 2 is 1.07 bits per heavy atom. The van der Waals surface area contributed by atoms with E-state index in [-0.39, 0.29) is 0 Å². The highest BCUT2D eigenvalue weighted by molar-refractivity contribution is 7.99. The van der Waals surface area contributed by atoms with Crippen molar-refractivity contribution in [3.63, 3.8) is 0 Å². The van der Waals surface area contributed by atoms with E-state index in [0.717, 1.165) is 50.5 Å². The molecule has 1 spiro atoms. The first kappa shape index (κ1) is 31.0. The lowest BCUT2D eigenvalue weighted by Gasteiger charge is -2.39. The van der Waals surface area contributed by atoms with Crippen LogP contribution in [0, 0.1) is 0 Å². The van der Waals surface area contributed by atoms with E-state index in [4.69, 9.17) is 10.7 Å². The van der Waals surface area contributed by atoms with E-state index >= 15 is 0 Å². The summed E-state index contributed by atoms with van der Waals surface area (Å²) in [4.78, 5) is 7.99. The van der Waals surface area contributed by atoms with E-state index in [1.54, 1.807) is 0 Å². The van der Waals surface area contributed by atoms with Crippen LogP contribution in [0.4, 0.5) is 5.69 Å². The molecule has 54 heavy (non-hydrogen) atoms. The summed E-state index contributed by atoms with van der Waals surface area (Å²) < 4.78 is 2.33. The summed E-state index contributed by atoms with van der Waals surface area (Å²) in [5.41, 5.74) is 23.0. The molecular weight excluding hydrogens is 675 g/mol. The maximum Gasteiger partial charge on any atom is 0.146 e. The van der Waals surface area contributed by atoms with Gasteiger partial charge in [-0.2, -0.15) is 0 Å². The number of hydrogen-bond acceptors (Lipinski definition) is 3. The number of anilines is 1. The average Bonchev–Trinajstić information content (AvgIpc) is 3.76. The van der Waals surface area contributed by atoms with Gasteiger partial charge in [0.15, 0.2) is 0 Å². The second-order valence-corrected chi connectivity index (χ2v) is 15.2. The molecule has 1 aliphatic carbocycles. The molecule has 0 unspecified atom stereocenters. The fourth-order valence-electron chi connectivity index (χ4n) is 8.96. The lowest BCUT2D eigenvalue weighted by atomic mass is 9.67. The van der Waals surface area contributed by atoms with Crippen molar-refractivity contribution in [3.8, 4) is 50.5 Å². The van der Waals surface area contributed by atoms with E-state index in [0.29, 0.717) is 0 Å². The second-order valence-electron chi connectivity index (χ2n) is 14.1. The molecule has 4 heteroatoms.